The largest absolute Gasteiger partial charge is 0.478 e. The maximum atomic E-state index is 14.3. The van der Waals surface area contributed by atoms with Crippen molar-refractivity contribution in [1.29, 1.82) is 0 Å². The summed E-state index contributed by atoms with van der Waals surface area (Å²) in [7, 11) is 4.00. The van der Waals surface area contributed by atoms with Gasteiger partial charge in [-0.15, -0.1) is 16.4 Å². The first-order chi connectivity index (χ1) is 64.2. The van der Waals surface area contributed by atoms with Gasteiger partial charge in [-0.2, -0.15) is 0 Å². The minimum absolute atomic E-state index is 0.0468. The van der Waals surface area contributed by atoms with Gasteiger partial charge in [-0.1, -0.05) is 83.5 Å². The monoisotopic (exact) mass is 1870 g/mol. The zero-order chi connectivity index (χ0) is 92.5. The number of aromatic nitrogens is 4. The number of carbonyl (C=O) groups excluding carboxylic acids is 5. The summed E-state index contributed by atoms with van der Waals surface area (Å²) in [6.07, 6.45) is 5.38. The highest BCUT2D eigenvalue weighted by Crippen LogP contribution is 2.49. The Morgan fingerprint density at radius 1 is 0.591 bits per heavy atom. The van der Waals surface area contributed by atoms with Crippen LogP contribution in [0.15, 0.2) is 150 Å². The van der Waals surface area contributed by atoms with Crippen LogP contribution in [0.4, 0.5) is 16.5 Å². The molecule has 4 aliphatic carbocycles. The molecule has 0 spiro atoms. The number of aromatic carboxylic acids is 1. The molecule has 1 atom stereocenters. The van der Waals surface area contributed by atoms with E-state index in [4.69, 9.17) is 68.4 Å². The lowest BCUT2D eigenvalue weighted by Crippen LogP contribution is -2.35. The van der Waals surface area contributed by atoms with Gasteiger partial charge in [0.15, 0.2) is 5.13 Å². The smallest absolute Gasteiger partial charge is 0.336 e. The van der Waals surface area contributed by atoms with Gasteiger partial charge in [0.25, 0.3) is 17.7 Å². The van der Waals surface area contributed by atoms with Crippen LogP contribution in [0.5, 0.6) is 0 Å². The quantitative estimate of drug-likeness (QED) is 0.0134. The summed E-state index contributed by atoms with van der Waals surface area (Å²) >= 11 is 8.01. The molecule has 0 unspecified atom stereocenters. The van der Waals surface area contributed by atoms with Gasteiger partial charge < -0.3 is 87.5 Å². The number of ether oxygens (including phenoxy) is 10. The number of rotatable bonds is 54. The second-order valence-electron chi connectivity index (χ2n) is 33.1. The number of benzene rings is 7. The van der Waals surface area contributed by atoms with E-state index >= 15 is 0 Å². The van der Waals surface area contributed by atoms with Gasteiger partial charge in [-0.05, 0) is 146 Å². The number of carboxylic acid groups (broad SMARTS) is 1. The Balaban J connectivity index is 0.417. The van der Waals surface area contributed by atoms with Gasteiger partial charge >= 0.3 is 5.97 Å². The van der Waals surface area contributed by atoms with E-state index in [-0.39, 0.29) is 119 Å². The number of anilines is 3. The van der Waals surface area contributed by atoms with Crippen LogP contribution in [0.25, 0.3) is 67.1 Å². The summed E-state index contributed by atoms with van der Waals surface area (Å²) in [4.78, 5) is 92.1. The van der Waals surface area contributed by atoms with Crippen LogP contribution in [0.2, 0.25) is 5.02 Å². The van der Waals surface area contributed by atoms with E-state index in [1.807, 2.05) is 147 Å². The van der Waals surface area contributed by atoms with Crippen LogP contribution in [0.1, 0.15) is 128 Å². The fraction of sp³-hybridized carbons (Fsp3) is 0.443. The van der Waals surface area contributed by atoms with Gasteiger partial charge in [0.2, 0.25) is 27.2 Å². The van der Waals surface area contributed by atoms with E-state index in [0.717, 1.165) is 81.7 Å². The van der Waals surface area contributed by atoms with Crippen LogP contribution >= 0.6 is 22.9 Å². The number of amides is 5. The predicted molar refractivity (Wildman–Crippen MR) is 503 cm³/mol. The third-order valence-corrected chi connectivity index (χ3v) is 26.3. The molecule has 8 aromatic rings. The molecule has 5 amide bonds. The summed E-state index contributed by atoms with van der Waals surface area (Å²) in [6.45, 7) is 10.6. The van der Waals surface area contributed by atoms with E-state index < -0.39 is 27.1 Å². The number of hydrogen-bond donors (Lipinski definition) is 5. The molecule has 3 saturated carbocycles. The summed E-state index contributed by atoms with van der Waals surface area (Å²) in [5.41, 5.74) is 11.4. The number of para-hydroxylation sites is 1. The van der Waals surface area contributed by atoms with Crippen LogP contribution in [0.3, 0.4) is 0 Å². The van der Waals surface area contributed by atoms with Crippen molar-refractivity contribution in [2.45, 2.75) is 88.6 Å². The molecule has 2 aromatic heterocycles. The molecule has 4 heterocycles. The summed E-state index contributed by atoms with van der Waals surface area (Å²) < 4.78 is 95.3. The van der Waals surface area contributed by atoms with Gasteiger partial charge in [0, 0.05) is 120 Å². The van der Waals surface area contributed by atoms with Crippen molar-refractivity contribution in [2.24, 2.45) is 5.92 Å². The molecule has 0 radical (unpaired) electrons. The van der Waals surface area contributed by atoms with Crippen molar-refractivity contribution < 1.29 is 94.1 Å². The maximum Gasteiger partial charge on any atom is 0.336 e. The number of carboxylic acids is 1. The summed E-state index contributed by atoms with van der Waals surface area (Å²) in [5, 5.41) is 30.7. The van der Waals surface area contributed by atoms with E-state index in [2.05, 4.69) is 42.8 Å². The average molecular weight is 1870 g/mol. The normalized spacial score (nSPS) is 13.8. The Morgan fingerprint density at radius 3 is 1.82 bits per heavy atom. The molecule has 2 aliphatic heterocycles. The first kappa shape index (κ1) is 97.1. The number of thiazole rings is 1. The van der Waals surface area contributed by atoms with E-state index in [1.54, 1.807) is 33.8 Å². The number of fused-ring (bicyclic) bond motifs is 7. The zero-order valence-electron chi connectivity index (χ0n) is 75.2. The van der Waals surface area contributed by atoms with Gasteiger partial charge in [0.1, 0.15) is 36.8 Å². The fourth-order valence-electron chi connectivity index (χ4n) is 15.4. The molecule has 14 rings (SSSR count). The van der Waals surface area contributed by atoms with E-state index in [9.17, 15) is 42.3 Å². The van der Waals surface area contributed by atoms with E-state index in [1.165, 1.54) is 23.5 Å². The molecule has 35 heteroatoms. The molecule has 32 nitrogen and oxygen atoms in total. The molecule has 0 saturated heterocycles. The Kier molecular flexibility index (Phi) is 35.0. The summed E-state index contributed by atoms with van der Waals surface area (Å²) in [5.74, 6) is -1.56. The average Bonchev–Trinajstić information content (AvgIpc) is 1.04. The molecule has 6 aromatic carbocycles. The Bertz CT molecular complexity index is 5800. The lowest BCUT2D eigenvalue weighted by molar-refractivity contribution is -0.122. The second kappa shape index (κ2) is 47.6. The van der Waals surface area contributed by atoms with Gasteiger partial charge in [-0.25, -0.2) is 32.2 Å². The first-order valence-corrected chi connectivity index (χ1v) is 47.7. The SMILES string of the molecule is C[C@H](c1ccc(-c2cc(Cl)ccc2C(=O)NCCOCCOCCOCCOCCOCCOCCn2nnc3c2-c2ccccc2N(C(=O)CCNC(=O)CCOCCOCCOCCOCCNC(=O)c2ccc(C(=O)O)c(-c4c5ccc(=[N+](C)C)cc-5oc5cc(N(C)C)ccc45)c2)Cc2ccccc2-3)cc1)N(CC1CC1)c1nc(C(=O)NS(=O)(=O)C2CC2)c(C2CC2)s1. The third-order valence-electron chi connectivity index (χ3n) is 23.0. The molecule has 132 heavy (non-hydrogen) atoms. The molecule has 702 valence electrons. The van der Waals surface area contributed by atoms with Crippen molar-refractivity contribution in [3.05, 3.63) is 194 Å². The topological polar surface area (TPSA) is 367 Å². The maximum absolute atomic E-state index is 14.3. The van der Waals surface area contributed by atoms with Gasteiger partial charge in [-0.3, -0.25) is 24.0 Å². The second-order valence-corrected chi connectivity index (χ2v) is 36.5. The Morgan fingerprint density at radius 2 is 1.20 bits per heavy atom. The van der Waals surface area contributed by atoms with Crippen LogP contribution < -0.4 is 45.3 Å². The molecule has 5 N–H and O–H groups in total. The lowest BCUT2D eigenvalue weighted by Gasteiger charge is -2.29. The van der Waals surface area contributed by atoms with Crippen molar-refractivity contribution in [3.63, 3.8) is 0 Å². The highest BCUT2D eigenvalue weighted by molar-refractivity contribution is 7.91. The Hall–Kier alpha value is -11.0. The number of sulfonamides is 1. The predicted octanol–water partition coefficient (Wildman–Crippen LogP) is 11.5. The van der Waals surface area contributed by atoms with Crippen LogP contribution in [0, 0.1) is 5.92 Å². The first-order valence-electron chi connectivity index (χ1n) is 45.0. The van der Waals surface area contributed by atoms with Crippen molar-refractivity contribution in [2.75, 3.05) is 201 Å². The highest BCUT2D eigenvalue weighted by Gasteiger charge is 2.41. The van der Waals surface area contributed by atoms with Crippen molar-refractivity contribution >= 4 is 95.9 Å². The summed E-state index contributed by atoms with van der Waals surface area (Å²) in [6, 6.07) is 44.8. The Labute approximate surface area is 776 Å². The number of halogens is 1. The van der Waals surface area contributed by atoms with Crippen LogP contribution in [-0.2, 0) is 80.1 Å². The van der Waals surface area contributed by atoms with E-state index in [0.29, 0.717) is 196 Å². The number of carbonyl (C=O) groups is 6. The van der Waals surface area contributed by atoms with Crippen LogP contribution in [-0.4, -0.2) is 261 Å². The van der Waals surface area contributed by atoms with Gasteiger partial charge in [0.05, 0.1) is 180 Å². The molecule has 3 fully saturated rings. The number of nitrogens with zero attached hydrogens (tertiary/aromatic N) is 8. The number of hydrogen-bond acceptors (Lipinski definition) is 25. The highest BCUT2D eigenvalue weighted by atomic mass is 35.5. The zero-order valence-corrected chi connectivity index (χ0v) is 77.6. The minimum atomic E-state index is -3.73. The molecular weight excluding hydrogens is 1750 g/mol. The molecule has 0 bridgehead atoms. The van der Waals surface area contributed by atoms with Crippen molar-refractivity contribution in [1.82, 2.24) is 45.2 Å². The number of nitrogens with one attached hydrogen (secondary N) is 4. The minimum Gasteiger partial charge on any atom is -0.478 e. The molecular formula is C97H116ClN12O20S2+. The molecule has 6 aliphatic rings. The lowest BCUT2D eigenvalue weighted by atomic mass is 9.89. The standard InChI is InChI=1S/C97H115ClN12O20S2/c1-64(108(62-65-14-15-65)97-102-90(92(131-97)68-20-21-68)95(115)104-132(118,119)74-26-27-74)66-16-18-67(19-17-66)81-59-71(98)23-29-76(81)94(114)101-36-40-122-44-48-126-52-54-128-56-57-129-55-53-127-49-45-123-41-37-110-91-78-12-8-9-13-83(78)109(63-70-10-6-7-11-75(70)89(91)103-105-110)87(112)32-34-99-86(111)33-38-120-42-46-124-50-51-125-47-43-121-39-35-100-93(113)69-22-28-77(96(116)117)82(58-69)88-79-30-24-72(106(2)3)60-84(79)130-85-61-73(107(4)5)25-31-80(85)88/h6-13,16-19,22-25,28-31,58-61,64-65,68,74H,14-15,20-21,26-27,32-57,62-63H2,1-5H3,(H4-,99,100,101,104,111,113,114,115,116,117)/p+1/t64-/m1/s1. The van der Waals surface area contributed by atoms with Crippen molar-refractivity contribution in [3.8, 4) is 56.1 Å². The third kappa shape index (κ3) is 26.5. The fourth-order valence-corrected chi connectivity index (χ4v) is 18.2.